The molecule has 0 unspecified atom stereocenters. The second-order valence-electron chi connectivity index (χ2n) is 6.95. The van der Waals surface area contributed by atoms with Crippen LogP contribution in [-0.2, 0) is 16.1 Å². The molecule has 3 atom stereocenters. The lowest BCUT2D eigenvalue weighted by atomic mass is 9.97. The van der Waals surface area contributed by atoms with Crippen molar-refractivity contribution in [1.82, 2.24) is 10.2 Å². The van der Waals surface area contributed by atoms with Crippen molar-refractivity contribution in [3.8, 4) is 0 Å². The van der Waals surface area contributed by atoms with Gasteiger partial charge in [0.15, 0.2) is 0 Å². The predicted octanol–water partition coefficient (Wildman–Crippen LogP) is 0.983. The first-order valence-electron chi connectivity index (χ1n) is 9.23. The van der Waals surface area contributed by atoms with Gasteiger partial charge in [-0.05, 0) is 31.2 Å². The standard InChI is InChI=1S/C20H26N2O4/c23-13-18(24)17-10-5-11-22(17)20(26)16-9-4-8-15(16)19(25)21-12-14-6-2-1-3-7-14/h1-3,6-8,16-18,23-24H,4-5,9-13H2,(H,21,25)/t16-,17+,18+/m1/s1. The highest BCUT2D eigenvalue weighted by Gasteiger charge is 2.40. The van der Waals surface area contributed by atoms with Crippen LogP contribution in [0.3, 0.4) is 0 Å². The van der Waals surface area contributed by atoms with E-state index >= 15 is 0 Å². The highest BCUT2D eigenvalue weighted by molar-refractivity contribution is 6.00. The molecular formula is C20H26N2O4. The Morgan fingerprint density at radius 3 is 2.73 bits per heavy atom. The number of benzene rings is 1. The van der Waals surface area contributed by atoms with Gasteiger partial charge in [-0.15, -0.1) is 0 Å². The molecule has 1 aromatic rings. The maximum absolute atomic E-state index is 13.0. The van der Waals surface area contributed by atoms with Crippen molar-refractivity contribution in [2.24, 2.45) is 5.92 Å². The maximum Gasteiger partial charge on any atom is 0.247 e. The monoisotopic (exact) mass is 358 g/mol. The average Bonchev–Trinajstić information content (AvgIpc) is 3.35. The molecule has 1 saturated heterocycles. The number of likely N-dealkylation sites (tertiary alicyclic amines) is 1. The van der Waals surface area contributed by atoms with Crippen LogP contribution in [0.2, 0.25) is 0 Å². The minimum absolute atomic E-state index is 0.112. The van der Waals surface area contributed by atoms with Crippen molar-refractivity contribution in [1.29, 1.82) is 0 Å². The number of aliphatic hydroxyl groups excluding tert-OH is 2. The van der Waals surface area contributed by atoms with Crippen molar-refractivity contribution >= 4 is 11.8 Å². The second kappa shape index (κ2) is 8.47. The number of rotatable bonds is 6. The highest BCUT2D eigenvalue weighted by Crippen LogP contribution is 2.31. The van der Waals surface area contributed by atoms with E-state index in [9.17, 15) is 19.8 Å². The molecular weight excluding hydrogens is 332 g/mol. The molecule has 0 bridgehead atoms. The minimum Gasteiger partial charge on any atom is -0.394 e. The van der Waals surface area contributed by atoms with Crippen molar-refractivity contribution in [3.05, 3.63) is 47.5 Å². The average molecular weight is 358 g/mol. The molecule has 6 nitrogen and oxygen atoms in total. The fourth-order valence-electron chi connectivity index (χ4n) is 3.88. The summed E-state index contributed by atoms with van der Waals surface area (Å²) in [6.07, 6.45) is 3.72. The van der Waals surface area contributed by atoms with E-state index in [0.717, 1.165) is 12.0 Å². The minimum atomic E-state index is -0.929. The smallest absolute Gasteiger partial charge is 0.247 e. The van der Waals surface area contributed by atoms with Crippen LogP contribution in [0.15, 0.2) is 42.0 Å². The summed E-state index contributed by atoms with van der Waals surface area (Å²) >= 11 is 0. The number of hydrogen-bond donors (Lipinski definition) is 3. The molecule has 1 aliphatic carbocycles. The lowest BCUT2D eigenvalue weighted by Gasteiger charge is -2.30. The molecule has 6 heteroatoms. The summed E-state index contributed by atoms with van der Waals surface area (Å²) in [5.41, 5.74) is 1.53. The van der Waals surface area contributed by atoms with E-state index in [1.165, 1.54) is 0 Å². The van der Waals surface area contributed by atoms with Gasteiger partial charge in [0.25, 0.3) is 0 Å². The second-order valence-corrected chi connectivity index (χ2v) is 6.95. The molecule has 26 heavy (non-hydrogen) atoms. The number of carbonyl (C=O) groups excluding carboxylic acids is 2. The van der Waals surface area contributed by atoms with Crippen LogP contribution >= 0.6 is 0 Å². The molecule has 3 N–H and O–H groups in total. The maximum atomic E-state index is 13.0. The first kappa shape index (κ1) is 18.6. The number of allylic oxidation sites excluding steroid dienone is 1. The van der Waals surface area contributed by atoms with Crippen LogP contribution in [0.25, 0.3) is 0 Å². The summed E-state index contributed by atoms with van der Waals surface area (Å²) < 4.78 is 0. The molecule has 3 rings (SSSR count). The first-order valence-corrected chi connectivity index (χ1v) is 9.23. The number of nitrogens with zero attached hydrogens (tertiary/aromatic N) is 1. The lowest BCUT2D eigenvalue weighted by molar-refractivity contribution is -0.138. The highest BCUT2D eigenvalue weighted by atomic mass is 16.3. The van der Waals surface area contributed by atoms with Gasteiger partial charge < -0.3 is 20.4 Å². The fourth-order valence-corrected chi connectivity index (χ4v) is 3.88. The summed E-state index contributed by atoms with van der Waals surface area (Å²) in [6.45, 7) is 0.628. The summed E-state index contributed by atoms with van der Waals surface area (Å²) in [5.74, 6) is -0.779. The van der Waals surface area contributed by atoms with E-state index in [0.29, 0.717) is 37.9 Å². The van der Waals surface area contributed by atoms with Crippen LogP contribution in [0.5, 0.6) is 0 Å². The molecule has 0 spiro atoms. The van der Waals surface area contributed by atoms with Gasteiger partial charge in [0.2, 0.25) is 11.8 Å². The molecule has 1 heterocycles. The summed E-state index contributed by atoms with van der Waals surface area (Å²) in [6, 6.07) is 9.29. The number of amides is 2. The number of hydrogen-bond acceptors (Lipinski definition) is 4. The largest absolute Gasteiger partial charge is 0.394 e. The number of nitrogens with one attached hydrogen (secondary N) is 1. The Hall–Kier alpha value is -2.18. The van der Waals surface area contributed by atoms with Gasteiger partial charge in [0.05, 0.1) is 24.7 Å². The van der Waals surface area contributed by atoms with Crippen molar-refractivity contribution in [2.75, 3.05) is 13.2 Å². The Bertz CT molecular complexity index is 674. The van der Waals surface area contributed by atoms with Crippen LogP contribution in [0.1, 0.15) is 31.2 Å². The predicted molar refractivity (Wildman–Crippen MR) is 96.9 cm³/mol. The SMILES string of the molecule is O=C(NCc1ccccc1)C1=CCC[C@H]1C(=O)N1CCC[C@H]1[C@@H](O)CO. The van der Waals surface area contributed by atoms with E-state index in [4.69, 9.17) is 0 Å². The Labute approximate surface area is 153 Å². The van der Waals surface area contributed by atoms with E-state index in [-0.39, 0.29) is 24.5 Å². The van der Waals surface area contributed by atoms with Gasteiger partial charge in [0.1, 0.15) is 0 Å². The molecule has 2 aliphatic rings. The van der Waals surface area contributed by atoms with Crippen molar-refractivity contribution in [2.45, 2.75) is 44.4 Å². The van der Waals surface area contributed by atoms with Gasteiger partial charge in [-0.2, -0.15) is 0 Å². The molecule has 2 amide bonds. The van der Waals surface area contributed by atoms with Crippen LogP contribution < -0.4 is 5.32 Å². The van der Waals surface area contributed by atoms with Crippen LogP contribution in [0, 0.1) is 5.92 Å². The van der Waals surface area contributed by atoms with Crippen LogP contribution in [-0.4, -0.2) is 52.2 Å². The molecule has 0 radical (unpaired) electrons. The van der Waals surface area contributed by atoms with Crippen LogP contribution in [0.4, 0.5) is 0 Å². The van der Waals surface area contributed by atoms with E-state index in [2.05, 4.69) is 5.32 Å². The van der Waals surface area contributed by atoms with Gasteiger partial charge in [-0.3, -0.25) is 9.59 Å². The van der Waals surface area contributed by atoms with Crippen molar-refractivity contribution < 1.29 is 19.8 Å². The zero-order valence-corrected chi connectivity index (χ0v) is 14.8. The Balaban J connectivity index is 1.63. The Morgan fingerprint density at radius 2 is 2.00 bits per heavy atom. The van der Waals surface area contributed by atoms with Crippen molar-refractivity contribution in [3.63, 3.8) is 0 Å². The summed E-state index contributed by atoms with van der Waals surface area (Å²) in [5, 5.41) is 22.1. The van der Waals surface area contributed by atoms with E-state index in [1.807, 2.05) is 36.4 Å². The number of aliphatic hydroxyl groups is 2. The third-order valence-electron chi connectivity index (χ3n) is 5.26. The first-order chi connectivity index (χ1) is 12.6. The molecule has 140 valence electrons. The van der Waals surface area contributed by atoms with Gasteiger partial charge in [-0.1, -0.05) is 36.4 Å². The zero-order valence-electron chi connectivity index (χ0n) is 14.8. The van der Waals surface area contributed by atoms with Gasteiger partial charge in [0, 0.05) is 18.7 Å². The van der Waals surface area contributed by atoms with Gasteiger partial charge >= 0.3 is 0 Å². The van der Waals surface area contributed by atoms with Gasteiger partial charge in [-0.25, -0.2) is 0 Å². The molecule has 1 fully saturated rings. The topological polar surface area (TPSA) is 89.9 Å². The third-order valence-corrected chi connectivity index (χ3v) is 5.26. The fraction of sp³-hybridized carbons (Fsp3) is 0.500. The quantitative estimate of drug-likeness (QED) is 0.707. The normalized spacial score (nSPS) is 23.6. The molecule has 1 aliphatic heterocycles. The Morgan fingerprint density at radius 1 is 1.23 bits per heavy atom. The third kappa shape index (κ3) is 3.97. The zero-order chi connectivity index (χ0) is 18.5. The lowest BCUT2D eigenvalue weighted by Crippen LogP contribution is -2.47. The van der Waals surface area contributed by atoms with E-state index in [1.54, 1.807) is 4.90 Å². The molecule has 1 aromatic carbocycles. The van der Waals surface area contributed by atoms with E-state index < -0.39 is 12.0 Å². The Kier molecular flexibility index (Phi) is 6.06. The number of carbonyl (C=O) groups is 2. The summed E-state index contributed by atoms with van der Waals surface area (Å²) in [4.78, 5) is 27.2. The molecule has 0 saturated carbocycles. The molecule has 0 aromatic heterocycles. The summed E-state index contributed by atoms with van der Waals surface area (Å²) in [7, 11) is 0.